The molecular formula is C15H19ClN2O2. The molecule has 1 saturated heterocycles. The van der Waals surface area contributed by atoms with Crippen molar-refractivity contribution >= 4 is 17.5 Å². The van der Waals surface area contributed by atoms with Crippen LogP contribution in [-0.2, 0) is 4.79 Å². The number of hydrogen-bond acceptors (Lipinski definition) is 3. The fourth-order valence-electron chi connectivity index (χ4n) is 2.22. The summed E-state index contributed by atoms with van der Waals surface area (Å²) in [5.41, 5.74) is 0. The van der Waals surface area contributed by atoms with E-state index in [2.05, 4.69) is 11.6 Å². The van der Waals surface area contributed by atoms with E-state index in [1.165, 1.54) is 0 Å². The van der Waals surface area contributed by atoms with Gasteiger partial charge in [-0.1, -0.05) is 17.7 Å². The number of allylic oxidation sites excluding steroid dienone is 1. The van der Waals surface area contributed by atoms with E-state index in [9.17, 15) is 4.79 Å². The molecule has 108 valence electrons. The lowest BCUT2D eigenvalue weighted by molar-refractivity contribution is -0.132. The first-order valence-electron chi connectivity index (χ1n) is 6.86. The van der Waals surface area contributed by atoms with Crippen LogP contribution in [0.4, 0.5) is 0 Å². The molecule has 20 heavy (non-hydrogen) atoms. The predicted octanol–water partition coefficient (Wildman–Crippen LogP) is 3.07. The molecule has 2 heterocycles. The quantitative estimate of drug-likeness (QED) is 0.784. The van der Waals surface area contributed by atoms with E-state index in [-0.39, 0.29) is 12.0 Å². The standard InChI is InChI=1S/C15H19ClN2O2/c1-2-3-6-14(19)18-10-7-12(8-11-18)20-15-13(16)5-4-9-17-15/h2,4-5,9,12H,1,3,6-8,10-11H2. The number of aromatic nitrogens is 1. The first-order chi connectivity index (χ1) is 9.70. The van der Waals surface area contributed by atoms with Gasteiger partial charge in [0.05, 0.1) is 0 Å². The number of pyridine rings is 1. The highest BCUT2D eigenvalue weighted by Gasteiger charge is 2.24. The van der Waals surface area contributed by atoms with Crippen molar-refractivity contribution in [2.45, 2.75) is 31.8 Å². The molecule has 1 fully saturated rings. The Labute approximate surface area is 124 Å². The summed E-state index contributed by atoms with van der Waals surface area (Å²) in [6.07, 6.45) is 6.41. The Kier molecular flexibility index (Phi) is 5.41. The van der Waals surface area contributed by atoms with Crippen molar-refractivity contribution in [2.24, 2.45) is 0 Å². The predicted molar refractivity (Wildman–Crippen MR) is 78.9 cm³/mol. The zero-order valence-electron chi connectivity index (χ0n) is 11.4. The second-order valence-electron chi connectivity index (χ2n) is 4.82. The lowest BCUT2D eigenvalue weighted by atomic mass is 10.1. The van der Waals surface area contributed by atoms with Crippen LogP contribution in [0.3, 0.4) is 0 Å². The van der Waals surface area contributed by atoms with Gasteiger partial charge in [0.1, 0.15) is 11.1 Å². The minimum absolute atomic E-state index is 0.0749. The first-order valence-corrected chi connectivity index (χ1v) is 7.24. The number of carbonyl (C=O) groups is 1. The van der Waals surface area contributed by atoms with Crippen molar-refractivity contribution < 1.29 is 9.53 Å². The monoisotopic (exact) mass is 294 g/mol. The second kappa shape index (κ2) is 7.29. The lowest BCUT2D eigenvalue weighted by Gasteiger charge is -2.32. The maximum Gasteiger partial charge on any atom is 0.232 e. The molecule has 1 amide bonds. The highest BCUT2D eigenvalue weighted by molar-refractivity contribution is 6.31. The highest BCUT2D eigenvalue weighted by Crippen LogP contribution is 2.24. The van der Waals surface area contributed by atoms with Crippen LogP contribution in [0.15, 0.2) is 31.0 Å². The van der Waals surface area contributed by atoms with E-state index in [0.29, 0.717) is 17.3 Å². The third-order valence-corrected chi connectivity index (χ3v) is 3.65. The number of nitrogens with zero attached hydrogens (tertiary/aromatic N) is 2. The van der Waals surface area contributed by atoms with Crippen molar-refractivity contribution in [1.29, 1.82) is 0 Å². The van der Waals surface area contributed by atoms with Gasteiger partial charge < -0.3 is 9.64 Å². The number of ether oxygens (including phenoxy) is 1. The van der Waals surface area contributed by atoms with Crippen LogP contribution in [-0.4, -0.2) is 35.0 Å². The molecule has 0 aromatic carbocycles. The average Bonchev–Trinajstić information content (AvgIpc) is 2.48. The molecular weight excluding hydrogens is 276 g/mol. The van der Waals surface area contributed by atoms with Gasteiger partial charge in [-0.3, -0.25) is 4.79 Å². The second-order valence-corrected chi connectivity index (χ2v) is 5.22. The molecule has 1 aromatic heterocycles. The molecule has 2 rings (SSSR count). The minimum atomic E-state index is 0.0749. The highest BCUT2D eigenvalue weighted by atomic mass is 35.5. The smallest absolute Gasteiger partial charge is 0.232 e. The van der Waals surface area contributed by atoms with Crippen LogP contribution >= 0.6 is 11.6 Å². The molecule has 0 saturated carbocycles. The third kappa shape index (κ3) is 3.97. The topological polar surface area (TPSA) is 42.4 Å². The van der Waals surface area contributed by atoms with Gasteiger partial charge in [0, 0.05) is 38.5 Å². The average molecular weight is 295 g/mol. The number of rotatable bonds is 5. The van der Waals surface area contributed by atoms with Crippen molar-refractivity contribution in [3.63, 3.8) is 0 Å². The maximum atomic E-state index is 11.9. The number of piperidine rings is 1. The Morgan fingerprint density at radius 3 is 2.95 bits per heavy atom. The molecule has 0 atom stereocenters. The van der Waals surface area contributed by atoms with E-state index in [1.54, 1.807) is 24.4 Å². The summed E-state index contributed by atoms with van der Waals surface area (Å²) in [6.45, 7) is 5.09. The molecule has 1 aliphatic heterocycles. The number of hydrogen-bond donors (Lipinski definition) is 0. The number of halogens is 1. The van der Waals surface area contributed by atoms with Gasteiger partial charge >= 0.3 is 0 Å². The van der Waals surface area contributed by atoms with Crippen molar-refractivity contribution in [3.05, 3.63) is 36.0 Å². The van der Waals surface area contributed by atoms with Gasteiger partial charge in [-0.2, -0.15) is 0 Å². The Morgan fingerprint density at radius 1 is 1.55 bits per heavy atom. The summed E-state index contributed by atoms with van der Waals surface area (Å²) >= 11 is 6.02. The fourth-order valence-corrected chi connectivity index (χ4v) is 2.39. The summed E-state index contributed by atoms with van der Waals surface area (Å²) in [6, 6.07) is 3.54. The van der Waals surface area contributed by atoms with Crippen molar-refractivity contribution in [2.75, 3.05) is 13.1 Å². The van der Waals surface area contributed by atoms with Gasteiger partial charge in [-0.25, -0.2) is 4.98 Å². The Bertz CT molecular complexity index is 471. The Balaban J connectivity index is 1.81. The van der Waals surface area contributed by atoms with E-state index >= 15 is 0 Å². The molecule has 0 aliphatic carbocycles. The summed E-state index contributed by atoms with van der Waals surface area (Å²) in [4.78, 5) is 17.9. The Hall–Kier alpha value is -1.55. The van der Waals surface area contributed by atoms with Crippen molar-refractivity contribution in [1.82, 2.24) is 9.88 Å². The summed E-state index contributed by atoms with van der Waals surface area (Å²) < 4.78 is 5.80. The zero-order valence-corrected chi connectivity index (χ0v) is 12.2. The van der Waals surface area contributed by atoms with Crippen LogP contribution in [0.2, 0.25) is 5.02 Å². The number of carbonyl (C=O) groups excluding carboxylic acids is 1. The fraction of sp³-hybridized carbons (Fsp3) is 0.467. The summed E-state index contributed by atoms with van der Waals surface area (Å²) in [5, 5.41) is 0.525. The van der Waals surface area contributed by atoms with Crippen LogP contribution in [0.25, 0.3) is 0 Å². The van der Waals surface area contributed by atoms with E-state index in [4.69, 9.17) is 16.3 Å². The van der Waals surface area contributed by atoms with Crippen LogP contribution in [0.1, 0.15) is 25.7 Å². The Morgan fingerprint density at radius 2 is 2.30 bits per heavy atom. The van der Waals surface area contributed by atoms with Crippen LogP contribution in [0, 0.1) is 0 Å². The van der Waals surface area contributed by atoms with Gasteiger partial charge in [0.2, 0.25) is 11.8 Å². The molecule has 0 spiro atoms. The molecule has 5 heteroatoms. The van der Waals surface area contributed by atoms with Gasteiger partial charge in [0.15, 0.2) is 0 Å². The van der Waals surface area contributed by atoms with Gasteiger partial charge in [-0.15, -0.1) is 6.58 Å². The van der Waals surface area contributed by atoms with Crippen LogP contribution < -0.4 is 4.74 Å². The van der Waals surface area contributed by atoms with E-state index < -0.39 is 0 Å². The molecule has 1 aromatic rings. The van der Waals surface area contributed by atoms with Crippen molar-refractivity contribution in [3.8, 4) is 5.88 Å². The third-order valence-electron chi connectivity index (χ3n) is 3.36. The van der Waals surface area contributed by atoms with Gasteiger partial charge in [0.25, 0.3) is 0 Å². The van der Waals surface area contributed by atoms with E-state index in [1.807, 2.05) is 4.90 Å². The molecule has 0 unspecified atom stereocenters. The SMILES string of the molecule is C=CCCC(=O)N1CCC(Oc2ncccc2Cl)CC1. The normalized spacial score (nSPS) is 15.9. The molecule has 0 radical (unpaired) electrons. The summed E-state index contributed by atoms with van der Waals surface area (Å²) in [7, 11) is 0. The lowest BCUT2D eigenvalue weighted by Crippen LogP contribution is -2.41. The van der Waals surface area contributed by atoms with E-state index in [0.717, 1.165) is 32.4 Å². The number of likely N-dealkylation sites (tertiary alicyclic amines) is 1. The summed E-state index contributed by atoms with van der Waals surface area (Å²) in [5.74, 6) is 0.671. The largest absolute Gasteiger partial charge is 0.473 e. The van der Waals surface area contributed by atoms with Crippen LogP contribution in [0.5, 0.6) is 5.88 Å². The minimum Gasteiger partial charge on any atom is -0.473 e. The molecule has 0 bridgehead atoms. The van der Waals surface area contributed by atoms with Gasteiger partial charge in [-0.05, 0) is 18.6 Å². The molecule has 0 N–H and O–H groups in total. The first kappa shape index (κ1) is 14.9. The zero-order chi connectivity index (χ0) is 14.4. The number of amides is 1. The molecule has 1 aliphatic rings. The molecule has 4 nitrogen and oxygen atoms in total. The maximum absolute atomic E-state index is 11.9.